The summed E-state index contributed by atoms with van der Waals surface area (Å²) >= 11 is 5.84. The van der Waals surface area contributed by atoms with E-state index in [1.165, 1.54) is 11.1 Å². The maximum atomic E-state index is 11.9. The van der Waals surface area contributed by atoms with E-state index in [9.17, 15) is 4.79 Å². The lowest BCUT2D eigenvalue weighted by atomic mass is 10.1. The minimum atomic E-state index is 0.0632. The van der Waals surface area contributed by atoms with Gasteiger partial charge in [0, 0.05) is 17.1 Å². The lowest BCUT2D eigenvalue weighted by Crippen LogP contribution is -2.11. The predicted molar refractivity (Wildman–Crippen MR) is 88.8 cm³/mol. The van der Waals surface area contributed by atoms with Crippen LogP contribution in [0.3, 0.4) is 0 Å². The summed E-state index contributed by atoms with van der Waals surface area (Å²) in [7, 11) is 0. The largest absolute Gasteiger partial charge is 0.326 e. The van der Waals surface area contributed by atoms with Gasteiger partial charge in [0.25, 0.3) is 0 Å². The standard InChI is InChI=1S/C18H20ClNO/c1-2-14-8-12-17(13-9-14)20-18(21)5-3-4-15-6-10-16(19)11-7-15/h6-13H,2-5H2,1H3,(H,20,21). The Labute approximate surface area is 131 Å². The molecule has 2 nitrogen and oxygen atoms in total. The number of halogens is 1. The molecule has 1 amide bonds. The molecule has 0 aliphatic rings. The lowest BCUT2D eigenvalue weighted by molar-refractivity contribution is -0.116. The molecule has 0 unspecified atom stereocenters. The zero-order chi connectivity index (χ0) is 15.1. The summed E-state index contributed by atoms with van der Waals surface area (Å²) in [6.45, 7) is 2.12. The van der Waals surface area contributed by atoms with Crippen molar-refractivity contribution in [1.82, 2.24) is 0 Å². The van der Waals surface area contributed by atoms with Gasteiger partial charge in [-0.1, -0.05) is 42.8 Å². The number of nitrogens with one attached hydrogen (secondary N) is 1. The minimum absolute atomic E-state index is 0.0632. The fourth-order valence-corrected chi connectivity index (χ4v) is 2.28. The van der Waals surface area contributed by atoms with Crippen LogP contribution in [0.15, 0.2) is 48.5 Å². The third-order valence-corrected chi connectivity index (χ3v) is 3.68. The van der Waals surface area contributed by atoms with Crippen molar-refractivity contribution in [3.8, 4) is 0 Å². The van der Waals surface area contributed by atoms with Crippen LogP contribution in [-0.4, -0.2) is 5.91 Å². The number of hydrogen-bond acceptors (Lipinski definition) is 1. The number of aryl methyl sites for hydroxylation is 2. The number of amides is 1. The normalized spacial score (nSPS) is 10.4. The van der Waals surface area contributed by atoms with E-state index < -0.39 is 0 Å². The summed E-state index contributed by atoms with van der Waals surface area (Å²) in [5, 5.41) is 3.67. The van der Waals surface area contributed by atoms with Gasteiger partial charge in [0.2, 0.25) is 5.91 Å². The van der Waals surface area contributed by atoms with Crippen LogP contribution in [0.5, 0.6) is 0 Å². The van der Waals surface area contributed by atoms with Gasteiger partial charge in [0.05, 0.1) is 0 Å². The van der Waals surface area contributed by atoms with Gasteiger partial charge in [-0.15, -0.1) is 0 Å². The molecular weight excluding hydrogens is 282 g/mol. The molecule has 0 saturated carbocycles. The van der Waals surface area contributed by atoms with Gasteiger partial charge >= 0.3 is 0 Å². The monoisotopic (exact) mass is 301 g/mol. The molecular formula is C18H20ClNO. The molecule has 0 atom stereocenters. The summed E-state index contributed by atoms with van der Waals surface area (Å²) in [5.74, 6) is 0.0632. The highest BCUT2D eigenvalue weighted by Crippen LogP contribution is 2.13. The van der Waals surface area contributed by atoms with Crippen molar-refractivity contribution in [2.75, 3.05) is 5.32 Å². The first-order valence-corrected chi connectivity index (χ1v) is 7.68. The molecule has 2 aromatic rings. The van der Waals surface area contributed by atoms with E-state index in [-0.39, 0.29) is 5.91 Å². The average Bonchev–Trinajstić information content (AvgIpc) is 2.50. The van der Waals surface area contributed by atoms with Crippen molar-refractivity contribution in [2.45, 2.75) is 32.6 Å². The van der Waals surface area contributed by atoms with Crippen LogP contribution in [0.25, 0.3) is 0 Å². The molecule has 1 N–H and O–H groups in total. The molecule has 3 heteroatoms. The van der Waals surface area contributed by atoms with Crippen LogP contribution < -0.4 is 5.32 Å². The Hall–Kier alpha value is -1.80. The van der Waals surface area contributed by atoms with Crippen LogP contribution in [0.4, 0.5) is 5.69 Å². The Morgan fingerprint density at radius 3 is 2.24 bits per heavy atom. The van der Waals surface area contributed by atoms with Crippen LogP contribution in [0.2, 0.25) is 5.02 Å². The third kappa shape index (κ3) is 5.24. The molecule has 0 fully saturated rings. The second-order valence-corrected chi connectivity index (χ2v) is 5.52. The number of benzene rings is 2. The summed E-state index contributed by atoms with van der Waals surface area (Å²) in [4.78, 5) is 11.9. The highest BCUT2D eigenvalue weighted by Gasteiger charge is 2.03. The van der Waals surface area contributed by atoms with Gasteiger partial charge in [-0.25, -0.2) is 0 Å². The molecule has 110 valence electrons. The number of anilines is 1. The summed E-state index contributed by atoms with van der Waals surface area (Å²) in [5.41, 5.74) is 3.35. The Morgan fingerprint density at radius 2 is 1.62 bits per heavy atom. The molecule has 21 heavy (non-hydrogen) atoms. The second kappa shape index (κ2) is 7.84. The molecule has 0 bridgehead atoms. The van der Waals surface area contributed by atoms with E-state index in [4.69, 9.17) is 11.6 Å². The van der Waals surface area contributed by atoms with Crippen molar-refractivity contribution in [1.29, 1.82) is 0 Å². The van der Waals surface area contributed by atoms with Crippen molar-refractivity contribution in [3.05, 3.63) is 64.7 Å². The number of carbonyl (C=O) groups is 1. The van der Waals surface area contributed by atoms with E-state index in [1.807, 2.05) is 48.5 Å². The maximum absolute atomic E-state index is 11.9. The first-order chi connectivity index (χ1) is 10.2. The highest BCUT2D eigenvalue weighted by molar-refractivity contribution is 6.30. The molecule has 2 aromatic carbocycles. The summed E-state index contributed by atoms with van der Waals surface area (Å²) in [6.07, 6.45) is 3.26. The number of carbonyl (C=O) groups excluding carboxylic acids is 1. The van der Waals surface area contributed by atoms with Crippen LogP contribution in [0, 0.1) is 0 Å². The third-order valence-electron chi connectivity index (χ3n) is 3.43. The topological polar surface area (TPSA) is 29.1 Å². The number of hydrogen-bond donors (Lipinski definition) is 1. The maximum Gasteiger partial charge on any atom is 0.224 e. The van der Waals surface area contributed by atoms with Crippen molar-refractivity contribution in [3.63, 3.8) is 0 Å². The van der Waals surface area contributed by atoms with E-state index >= 15 is 0 Å². The van der Waals surface area contributed by atoms with Gasteiger partial charge in [-0.2, -0.15) is 0 Å². The highest BCUT2D eigenvalue weighted by atomic mass is 35.5. The van der Waals surface area contributed by atoms with E-state index in [2.05, 4.69) is 12.2 Å². The Morgan fingerprint density at radius 1 is 1.00 bits per heavy atom. The quantitative estimate of drug-likeness (QED) is 0.811. The van der Waals surface area contributed by atoms with Crippen molar-refractivity contribution in [2.24, 2.45) is 0 Å². The van der Waals surface area contributed by atoms with E-state index in [0.29, 0.717) is 6.42 Å². The minimum Gasteiger partial charge on any atom is -0.326 e. The lowest BCUT2D eigenvalue weighted by Gasteiger charge is -2.06. The predicted octanol–water partition coefficient (Wildman–Crippen LogP) is 4.86. The van der Waals surface area contributed by atoms with Gasteiger partial charge in [0.1, 0.15) is 0 Å². The van der Waals surface area contributed by atoms with Crippen LogP contribution in [-0.2, 0) is 17.6 Å². The fraction of sp³-hybridized carbons (Fsp3) is 0.278. The zero-order valence-corrected chi connectivity index (χ0v) is 13.0. The molecule has 0 aliphatic carbocycles. The van der Waals surface area contributed by atoms with Crippen LogP contribution in [0.1, 0.15) is 30.9 Å². The van der Waals surface area contributed by atoms with Crippen molar-refractivity contribution < 1.29 is 4.79 Å². The van der Waals surface area contributed by atoms with Gasteiger partial charge in [-0.3, -0.25) is 4.79 Å². The second-order valence-electron chi connectivity index (χ2n) is 5.08. The molecule has 0 spiro atoms. The van der Waals surface area contributed by atoms with E-state index in [1.54, 1.807) is 0 Å². The van der Waals surface area contributed by atoms with Gasteiger partial charge in [0.15, 0.2) is 0 Å². The first kappa shape index (κ1) is 15.6. The molecule has 0 heterocycles. The molecule has 2 rings (SSSR count). The SMILES string of the molecule is CCc1ccc(NC(=O)CCCc2ccc(Cl)cc2)cc1. The van der Waals surface area contributed by atoms with Gasteiger partial charge in [-0.05, 0) is 54.7 Å². The summed E-state index contributed by atoms with van der Waals surface area (Å²) < 4.78 is 0. The smallest absolute Gasteiger partial charge is 0.224 e. The Kier molecular flexibility index (Phi) is 5.82. The Balaban J connectivity index is 1.75. The van der Waals surface area contributed by atoms with Crippen LogP contribution >= 0.6 is 11.6 Å². The number of rotatable bonds is 6. The van der Waals surface area contributed by atoms with Gasteiger partial charge < -0.3 is 5.32 Å². The fourth-order valence-electron chi connectivity index (χ4n) is 2.15. The molecule has 0 aromatic heterocycles. The average molecular weight is 302 g/mol. The molecule has 0 saturated heterocycles. The van der Waals surface area contributed by atoms with Crippen molar-refractivity contribution >= 4 is 23.2 Å². The molecule has 0 radical (unpaired) electrons. The first-order valence-electron chi connectivity index (χ1n) is 7.30. The molecule has 0 aliphatic heterocycles. The Bertz CT molecular complexity index is 575. The van der Waals surface area contributed by atoms with E-state index in [0.717, 1.165) is 30.0 Å². The summed E-state index contributed by atoms with van der Waals surface area (Å²) in [6, 6.07) is 15.8. The zero-order valence-electron chi connectivity index (χ0n) is 12.2.